The summed E-state index contributed by atoms with van der Waals surface area (Å²) in [5.41, 5.74) is 1.34. The largest absolute Gasteiger partial charge is 0.507 e. The molecule has 0 heterocycles. The zero-order valence-corrected chi connectivity index (χ0v) is 8.33. The molecule has 0 unspecified atom stereocenters. The Hall–Kier alpha value is -1.50. The fourth-order valence-electron chi connectivity index (χ4n) is 1.76. The first kappa shape index (κ1) is 9.07. The molecule has 0 aromatic heterocycles. The lowest BCUT2D eigenvalue weighted by molar-refractivity contribution is 0.481. The molecule has 2 aromatic carbocycles. The number of phenolic OH excluding ortho intramolecular Hbond substituents is 1. The minimum absolute atomic E-state index is 0.366. The van der Waals surface area contributed by atoms with Crippen LogP contribution in [0, 0.1) is 0 Å². The molecule has 0 aliphatic rings. The molecule has 0 atom stereocenters. The van der Waals surface area contributed by atoms with Gasteiger partial charge in [-0.1, -0.05) is 43.7 Å². The summed E-state index contributed by atoms with van der Waals surface area (Å²) >= 11 is 0. The van der Waals surface area contributed by atoms with Crippen LogP contribution in [0.5, 0.6) is 5.75 Å². The Morgan fingerprint density at radius 1 is 1.14 bits per heavy atom. The van der Waals surface area contributed by atoms with Crippen molar-refractivity contribution in [2.45, 2.75) is 19.8 Å². The van der Waals surface area contributed by atoms with Gasteiger partial charge in [0.05, 0.1) is 0 Å². The maximum Gasteiger partial charge on any atom is 0.123 e. The summed E-state index contributed by atoms with van der Waals surface area (Å²) in [6.07, 6.45) is 2.26. The van der Waals surface area contributed by atoms with Crippen molar-refractivity contribution in [2.24, 2.45) is 0 Å². The van der Waals surface area contributed by atoms with Gasteiger partial charge in [-0.25, -0.2) is 0 Å². The zero-order valence-electron chi connectivity index (χ0n) is 8.33. The van der Waals surface area contributed by atoms with E-state index >= 15 is 0 Å². The fraction of sp³-hybridized carbons (Fsp3) is 0.231. The van der Waals surface area contributed by atoms with Crippen molar-refractivity contribution in [1.29, 1.82) is 0 Å². The van der Waals surface area contributed by atoms with Crippen LogP contribution < -0.4 is 0 Å². The van der Waals surface area contributed by atoms with E-state index in [1.54, 1.807) is 6.07 Å². The quantitative estimate of drug-likeness (QED) is 0.761. The van der Waals surface area contributed by atoms with Crippen LogP contribution in [0.4, 0.5) is 0 Å². The minimum atomic E-state index is 0.366. The van der Waals surface area contributed by atoms with Gasteiger partial charge in [0, 0.05) is 5.39 Å². The zero-order chi connectivity index (χ0) is 9.97. The van der Waals surface area contributed by atoms with Gasteiger partial charge in [-0.3, -0.25) is 0 Å². The van der Waals surface area contributed by atoms with Gasteiger partial charge in [-0.15, -0.1) is 0 Å². The van der Waals surface area contributed by atoms with E-state index in [4.69, 9.17) is 0 Å². The third kappa shape index (κ3) is 1.58. The molecular weight excluding hydrogens is 172 g/mol. The normalized spacial score (nSPS) is 10.6. The van der Waals surface area contributed by atoms with E-state index in [0.717, 1.165) is 23.6 Å². The molecular formula is C13H14O. The SMILES string of the molecule is CCCc1ccc2c(O)cccc2c1. The second-order valence-electron chi connectivity index (χ2n) is 3.58. The number of benzene rings is 2. The molecule has 1 N–H and O–H groups in total. The summed E-state index contributed by atoms with van der Waals surface area (Å²) in [4.78, 5) is 0. The third-order valence-electron chi connectivity index (χ3n) is 2.46. The molecule has 2 aromatic rings. The van der Waals surface area contributed by atoms with Gasteiger partial charge in [-0.05, 0) is 23.4 Å². The van der Waals surface area contributed by atoms with Gasteiger partial charge in [0.15, 0.2) is 0 Å². The Kier molecular flexibility index (Phi) is 2.40. The first-order valence-corrected chi connectivity index (χ1v) is 5.02. The van der Waals surface area contributed by atoms with Gasteiger partial charge in [0.25, 0.3) is 0 Å². The summed E-state index contributed by atoms with van der Waals surface area (Å²) in [6, 6.07) is 11.9. The summed E-state index contributed by atoms with van der Waals surface area (Å²) in [6.45, 7) is 2.17. The Morgan fingerprint density at radius 2 is 2.00 bits per heavy atom. The first-order chi connectivity index (χ1) is 6.81. The molecule has 0 fully saturated rings. The van der Waals surface area contributed by atoms with E-state index in [2.05, 4.69) is 19.1 Å². The van der Waals surface area contributed by atoms with E-state index in [1.165, 1.54) is 5.56 Å². The van der Waals surface area contributed by atoms with Crippen molar-refractivity contribution in [1.82, 2.24) is 0 Å². The number of aryl methyl sites for hydroxylation is 1. The number of fused-ring (bicyclic) bond motifs is 1. The van der Waals surface area contributed by atoms with Crippen molar-refractivity contribution >= 4 is 10.8 Å². The Labute approximate surface area is 84.0 Å². The highest BCUT2D eigenvalue weighted by Crippen LogP contribution is 2.25. The van der Waals surface area contributed by atoms with Crippen molar-refractivity contribution in [2.75, 3.05) is 0 Å². The molecule has 2 rings (SSSR count). The van der Waals surface area contributed by atoms with Crippen molar-refractivity contribution in [3.8, 4) is 5.75 Å². The molecule has 0 saturated heterocycles. The van der Waals surface area contributed by atoms with Gasteiger partial charge < -0.3 is 5.11 Å². The molecule has 14 heavy (non-hydrogen) atoms. The molecule has 0 spiro atoms. The second kappa shape index (κ2) is 3.70. The summed E-state index contributed by atoms with van der Waals surface area (Å²) in [5, 5.41) is 11.7. The predicted octanol–water partition coefficient (Wildman–Crippen LogP) is 3.50. The highest BCUT2D eigenvalue weighted by atomic mass is 16.3. The van der Waals surface area contributed by atoms with E-state index in [0.29, 0.717) is 5.75 Å². The van der Waals surface area contributed by atoms with Crippen LogP contribution in [-0.4, -0.2) is 5.11 Å². The van der Waals surface area contributed by atoms with Crippen molar-refractivity contribution in [3.63, 3.8) is 0 Å². The van der Waals surface area contributed by atoms with Crippen LogP contribution in [0.1, 0.15) is 18.9 Å². The predicted molar refractivity (Wildman–Crippen MR) is 59.6 cm³/mol. The Bertz CT molecular complexity index is 446. The van der Waals surface area contributed by atoms with Gasteiger partial charge in [-0.2, -0.15) is 0 Å². The molecule has 72 valence electrons. The van der Waals surface area contributed by atoms with Crippen molar-refractivity contribution < 1.29 is 5.11 Å². The van der Waals surface area contributed by atoms with Crippen LogP contribution in [0.3, 0.4) is 0 Å². The highest BCUT2D eigenvalue weighted by Gasteiger charge is 1.99. The molecule has 0 radical (unpaired) electrons. The third-order valence-corrected chi connectivity index (χ3v) is 2.46. The lowest BCUT2D eigenvalue weighted by Crippen LogP contribution is -1.83. The van der Waals surface area contributed by atoms with E-state index in [9.17, 15) is 5.11 Å². The van der Waals surface area contributed by atoms with Gasteiger partial charge >= 0.3 is 0 Å². The van der Waals surface area contributed by atoms with Crippen LogP contribution in [0.2, 0.25) is 0 Å². The monoisotopic (exact) mass is 186 g/mol. The Balaban J connectivity index is 2.56. The van der Waals surface area contributed by atoms with Gasteiger partial charge in [0.1, 0.15) is 5.75 Å². The molecule has 0 saturated carbocycles. The summed E-state index contributed by atoms with van der Waals surface area (Å²) in [5.74, 6) is 0.366. The minimum Gasteiger partial charge on any atom is -0.507 e. The Morgan fingerprint density at radius 3 is 2.79 bits per heavy atom. The van der Waals surface area contributed by atoms with Gasteiger partial charge in [0.2, 0.25) is 0 Å². The average Bonchev–Trinajstić information content (AvgIpc) is 2.18. The van der Waals surface area contributed by atoms with Crippen molar-refractivity contribution in [3.05, 3.63) is 42.0 Å². The van der Waals surface area contributed by atoms with Crippen LogP contribution in [0.15, 0.2) is 36.4 Å². The number of hydrogen-bond donors (Lipinski definition) is 1. The summed E-state index contributed by atoms with van der Waals surface area (Å²) in [7, 11) is 0. The maximum atomic E-state index is 9.59. The number of hydrogen-bond acceptors (Lipinski definition) is 1. The number of phenols is 1. The number of aromatic hydroxyl groups is 1. The van der Waals surface area contributed by atoms with E-state index in [-0.39, 0.29) is 0 Å². The second-order valence-corrected chi connectivity index (χ2v) is 3.58. The maximum absolute atomic E-state index is 9.59. The average molecular weight is 186 g/mol. The molecule has 0 amide bonds. The molecule has 0 aliphatic heterocycles. The lowest BCUT2D eigenvalue weighted by Gasteiger charge is -2.03. The van der Waals surface area contributed by atoms with E-state index < -0.39 is 0 Å². The van der Waals surface area contributed by atoms with Crippen LogP contribution in [-0.2, 0) is 6.42 Å². The topological polar surface area (TPSA) is 20.2 Å². The fourth-order valence-corrected chi connectivity index (χ4v) is 1.76. The summed E-state index contributed by atoms with van der Waals surface area (Å²) < 4.78 is 0. The van der Waals surface area contributed by atoms with Crippen LogP contribution >= 0.6 is 0 Å². The molecule has 0 aliphatic carbocycles. The number of rotatable bonds is 2. The molecule has 1 heteroatoms. The smallest absolute Gasteiger partial charge is 0.123 e. The molecule has 1 nitrogen and oxygen atoms in total. The molecule has 0 bridgehead atoms. The van der Waals surface area contributed by atoms with E-state index in [1.807, 2.05) is 18.2 Å². The van der Waals surface area contributed by atoms with Crippen LogP contribution in [0.25, 0.3) is 10.8 Å². The first-order valence-electron chi connectivity index (χ1n) is 5.02. The standard InChI is InChI=1S/C13H14O/c1-2-4-10-7-8-12-11(9-10)5-3-6-13(12)14/h3,5-9,14H,2,4H2,1H3. The lowest BCUT2D eigenvalue weighted by atomic mass is 10.0. The highest BCUT2D eigenvalue weighted by molar-refractivity contribution is 5.88.